The highest BCUT2D eigenvalue weighted by Gasteiger charge is 2.26. The number of hydrogen-bond donors (Lipinski definition) is 1. The van der Waals surface area contributed by atoms with Crippen LogP contribution in [0.1, 0.15) is 45.0 Å². The number of hydrogen-bond acceptors (Lipinski definition) is 4. The van der Waals surface area contributed by atoms with Crippen LogP contribution in [-0.2, 0) is 9.47 Å². The van der Waals surface area contributed by atoms with Crippen molar-refractivity contribution in [2.24, 2.45) is 0 Å². The molecule has 2 rings (SSSR count). The van der Waals surface area contributed by atoms with Gasteiger partial charge in [0.1, 0.15) is 5.60 Å². The number of morpholine rings is 1. The Hall–Kier alpha value is -2.08. The minimum atomic E-state index is -0.572. The number of anilines is 1. The Morgan fingerprint density at radius 3 is 2.42 bits per heavy atom. The van der Waals surface area contributed by atoms with Crippen molar-refractivity contribution in [3.05, 3.63) is 29.8 Å². The highest BCUT2D eigenvalue weighted by Crippen LogP contribution is 2.18. The molecule has 24 heavy (non-hydrogen) atoms. The predicted molar refractivity (Wildman–Crippen MR) is 92.2 cm³/mol. The number of carbonyl (C=O) groups excluding carboxylic acids is 2. The molecule has 1 aliphatic rings. The van der Waals surface area contributed by atoms with E-state index in [0.717, 1.165) is 0 Å². The van der Waals surface area contributed by atoms with Crippen LogP contribution < -0.4 is 5.32 Å². The van der Waals surface area contributed by atoms with Crippen LogP contribution >= 0.6 is 0 Å². The lowest BCUT2D eigenvalue weighted by atomic mass is 10.1. The second-order valence-electron chi connectivity index (χ2n) is 7.18. The van der Waals surface area contributed by atoms with Gasteiger partial charge in [-0.1, -0.05) is 6.07 Å². The van der Waals surface area contributed by atoms with Crippen LogP contribution in [0.4, 0.5) is 10.5 Å². The average Bonchev–Trinajstić information content (AvgIpc) is 2.43. The summed E-state index contributed by atoms with van der Waals surface area (Å²) in [6.07, 6.45) is -0.512. The minimum Gasteiger partial charge on any atom is -0.444 e. The molecule has 132 valence electrons. The summed E-state index contributed by atoms with van der Waals surface area (Å²) in [5.74, 6) is -0.0650. The highest BCUT2D eigenvalue weighted by molar-refractivity contribution is 5.96. The van der Waals surface area contributed by atoms with Crippen molar-refractivity contribution < 1.29 is 19.1 Å². The van der Waals surface area contributed by atoms with Crippen LogP contribution in [0.5, 0.6) is 0 Å². The third-order valence-electron chi connectivity index (χ3n) is 3.46. The fraction of sp³-hybridized carbons (Fsp3) is 0.556. The van der Waals surface area contributed by atoms with Crippen LogP contribution in [0, 0.1) is 0 Å². The summed E-state index contributed by atoms with van der Waals surface area (Å²) in [6.45, 7) is 10.4. The molecule has 6 heteroatoms. The summed E-state index contributed by atoms with van der Waals surface area (Å²) >= 11 is 0. The maximum Gasteiger partial charge on any atom is 0.412 e. The summed E-state index contributed by atoms with van der Waals surface area (Å²) in [4.78, 5) is 26.3. The molecule has 6 nitrogen and oxygen atoms in total. The van der Waals surface area contributed by atoms with E-state index in [2.05, 4.69) is 5.32 Å². The van der Waals surface area contributed by atoms with Crippen molar-refractivity contribution >= 4 is 17.7 Å². The van der Waals surface area contributed by atoms with Gasteiger partial charge in [-0.2, -0.15) is 0 Å². The lowest BCUT2D eigenvalue weighted by molar-refractivity contribution is -0.0586. The summed E-state index contributed by atoms with van der Waals surface area (Å²) in [7, 11) is 0. The smallest absolute Gasteiger partial charge is 0.412 e. The van der Waals surface area contributed by atoms with Gasteiger partial charge >= 0.3 is 6.09 Å². The molecule has 0 saturated carbocycles. The molecular formula is C18H26N2O4. The van der Waals surface area contributed by atoms with E-state index in [1.54, 1.807) is 49.9 Å². The van der Waals surface area contributed by atoms with Crippen LogP contribution in [0.25, 0.3) is 0 Å². The van der Waals surface area contributed by atoms with Crippen LogP contribution in [0.2, 0.25) is 0 Å². The molecule has 1 fully saturated rings. The highest BCUT2D eigenvalue weighted by atomic mass is 16.6. The third-order valence-corrected chi connectivity index (χ3v) is 3.46. The monoisotopic (exact) mass is 334 g/mol. The molecule has 1 heterocycles. The molecule has 1 saturated heterocycles. The van der Waals surface area contributed by atoms with Crippen molar-refractivity contribution in [1.29, 1.82) is 0 Å². The fourth-order valence-electron chi connectivity index (χ4n) is 2.68. The van der Waals surface area contributed by atoms with Gasteiger partial charge in [0, 0.05) is 24.3 Å². The van der Waals surface area contributed by atoms with Crippen molar-refractivity contribution in [3.63, 3.8) is 0 Å². The first-order valence-electron chi connectivity index (χ1n) is 8.19. The number of rotatable bonds is 2. The molecule has 0 radical (unpaired) electrons. The van der Waals surface area contributed by atoms with Gasteiger partial charge in [0.05, 0.1) is 12.2 Å². The normalized spacial score (nSPS) is 21.3. The molecule has 0 aromatic heterocycles. The second-order valence-corrected chi connectivity index (χ2v) is 7.18. The van der Waals surface area contributed by atoms with E-state index < -0.39 is 11.7 Å². The number of nitrogens with zero attached hydrogens (tertiary/aromatic N) is 1. The van der Waals surface area contributed by atoms with Gasteiger partial charge in [0.25, 0.3) is 5.91 Å². The molecule has 1 N–H and O–H groups in total. The summed E-state index contributed by atoms with van der Waals surface area (Å²) in [6, 6.07) is 6.88. The van der Waals surface area contributed by atoms with Gasteiger partial charge in [0.2, 0.25) is 0 Å². The van der Waals surface area contributed by atoms with E-state index in [9.17, 15) is 9.59 Å². The lowest BCUT2D eigenvalue weighted by Gasteiger charge is -2.35. The summed E-state index contributed by atoms with van der Waals surface area (Å²) in [5, 5.41) is 2.66. The molecule has 0 spiro atoms. The van der Waals surface area contributed by atoms with Crippen molar-refractivity contribution in [3.8, 4) is 0 Å². The predicted octanol–water partition coefficient (Wildman–Crippen LogP) is 3.28. The number of amides is 2. The third kappa shape index (κ3) is 5.23. The lowest BCUT2D eigenvalue weighted by Crippen LogP contribution is -2.48. The number of nitrogens with one attached hydrogen (secondary N) is 1. The first kappa shape index (κ1) is 18.3. The Morgan fingerprint density at radius 2 is 1.83 bits per heavy atom. The summed E-state index contributed by atoms with van der Waals surface area (Å²) < 4.78 is 10.9. The maximum absolute atomic E-state index is 12.7. The molecule has 0 unspecified atom stereocenters. The second kappa shape index (κ2) is 7.21. The van der Waals surface area contributed by atoms with Gasteiger partial charge in [-0.3, -0.25) is 10.1 Å². The van der Waals surface area contributed by atoms with Crippen LogP contribution in [-0.4, -0.2) is 47.8 Å². The quantitative estimate of drug-likeness (QED) is 0.901. The number of ether oxygens (including phenoxy) is 2. The topological polar surface area (TPSA) is 67.9 Å². The Morgan fingerprint density at radius 1 is 1.21 bits per heavy atom. The van der Waals surface area contributed by atoms with Crippen molar-refractivity contribution in [1.82, 2.24) is 4.90 Å². The Balaban J connectivity index is 2.06. The largest absolute Gasteiger partial charge is 0.444 e. The maximum atomic E-state index is 12.7. The van der Waals surface area contributed by atoms with Crippen LogP contribution in [0.15, 0.2) is 24.3 Å². The molecule has 0 aliphatic carbocycles. The zero-order valence-electron chi connectivity index (χ0n) is 15.0. The molecule has 1 aromatic carbocycles. The molecule has 1 aliphatic heterocycles. The first-order valence-corrected chi connectivity index (χ1v) is 8.19. The molecule has 0 bridgehead atoms. The SMILES string of the molecule is C[C@@H]1CN(C(=O)c2cccc(NC(=O)OC(C)(C)C)c2)C[C@H](C)O1. The van der Waals surface area contributed by atoms with Gasteiger partial charge in [-0.25, -0.2) is 4.79 Å². The average molecular weight is 334 g/mol. The van der Waals surface area contributed by atoms with Crippen molar-refractivity contribution in [2.75, 3.05) is 18.4 Å². The zero-order chi connectivity index (χ0) is 17.9. The molecular weight excluding hydrogens is 308 g/mol. The Kier molecular flexibility index (Phi) is 5.49. The van der Waals surface area contributed by atoms with Gasteiger partial charge < -0.3 is 14.4 Å². The molecule has 1 aromatic rings. The first-order chi connectivity index (χ1) is 11.1. The van der Waals surface area contributed by atoms with E-state index in [-0.39, 0.29) is 18.1 Å². The van der Waals surface area contributed by atoms with Gasteiger partial charge in [-0.15, -0.1) is 0 Å². The minimum absolute atomic E-state index is 0.0146. The van der Waals surface area contributed by atoms with E-state index >= 15 is 0 Å². The van der Waals surface area contributed by atoms with Gasteiger partial charge in [0.15, 0.2) is 0 Å². The van der Waals surface area contributed by atoms with E-state index in [1.165, 1.54) is 0 Å². The Bertz CT molecular complexity index is 599. The van der Waals surface area contributed by atoms with E-state index in [4.69, 9.17) is 9.47 Å². The standard InChI is InChI=1S/C18H26N2O4/c1-12-10-20(11-13(2)23-12)16(21)14-7-6-8-15(9-14)19-17(22)24-18(3,4)5/h6-9,12-13H,10-11H2,1-5H3,(H,19,22)/t12-,13+. The fourth-order valence-corrected chi connectivity index (χ4v) is 2.68. The number of benzene rings is 1. The van der Waals surface area contributed by atoms with Gasteiger partial charge in [-0.05, 0) is 52.8 Å². The van der Waals surface area contributed by atoms with E-state index in [1.807, 2.05) is 13.8 Å². The number of carbonyl (C=O) groups is 2. The molecule has 2 amide bonds. The zero-order valence-corrected chi connectivity index (χ0v) is 15.0. The molecule has 2 atom stereocenters. The van der Waals surface area contributed by atoms with E-state index in [0.29, 0.717) is 24.3 Å². The van der Waals surface area contributed by atoms with Crippen molar-refractivity contribution in [2.45, 2.75) is 52.4 Å². The van der Waals surface area contributed by atoms with Crippen LogP contribution in [0.3, 0.4) is 0 Å². The Labute approximate surface area is 143 Å². The summed E-state index contributed by atoms with van der Waals surface area (Å²) in [5.41, 5.74) is 0.492.